The van der Waals surface area contributed by atoms with Crippen LogP contribution >= 0.6 is 0 Å². The zero-order valence-corrected chi connectivity index (χ0v) is 41.8. The maximum atomic E-state index is 12.8. The number of ether oxygens (including phenoxy) is 3. The van der Waals surface area contributed by atoms with Crippen LogP contribution in [0.3, 0.4) is 0 Å². The summed E-state index contributed by atoms with van der Waals surface area (Å²) in [6.07, 6.45) is 62.3. The molecule has 0 heterocycles. The maximum absolute atomic E-state index is 12.8. The first-order chi connectivity index (χ1) is 31.0. The van der Waals surface area contributed by atoms with E-state index in [0.717, 1.165) is 89.9 Å². The molecule has 63 heavy (non-hydrogen) atoms. The zero-order chi connectivity index (χ0) is 45.8. The lowest BCUT2D eigenvalue weighted by atomic mass is 10.0. The molecule has 6 heteroatoms. The molecule has 0 radical (unpaired) electrons. The average molecular weight is 883 g/mol. The Morgan fingerprint density at radius 3 is 0.905 bits per heavy atom. The topological polar surface area (TPSA) is 78.9 Å². The third-order valence-corrected chi connectivity index (χ3v) is 11.8. The van der Waals surface area contributed by atoms with Gasteiger partial charge in [0.1, 0.15) is 13.2 Å². The lowest BCUT2D eigenvalue weighted by molar-refractivity contribution is -0.167. The quantitative estimate of drug-likeness (QED) is 0.0262. The minimum Gasteiger partial charge on any atom is -0.462 e. The van der Waals surface area contributed by atoms with Gasteiger partial charge in [-0.1, -0.05) is 223 Å². The molecule has 0 saturated heterocycles. The molecule has 0 bridgehead atoms. The van der Waals surface area contributed by atoms with Crippen molar-refractivity contribution in [2.75, 3.05) is 13.2 Å². The zero-order valence-electron chi connectivity index (χ0n) is 41.8. The van der Waals surface area contributed by atoms with Crippen LogP contribution in [0.25, 0.3) is 0 Å². The number of allylic oxidation sites excluding steroid dienone is 8. The Kier molecular flexibility index (Phi) is 49.8. The summed E-state index contributed by atoms with van der Waals surface area (Å²) in [5.41, 5.74) is 0. The Bertz CT molecular complexity index is 1110. The van der Waals surface area contributed by atoms with Crippen molar-refractivity contribution in [2.24, 2.45) is 0 Å². The van der Waals surface area contributed by atoms with Gasteiger partial charge >= 0.3 is 17.9 Å². The third-order valence-electron chi connectivity index (χ3n) is 11.8. The van der Waals surface area contributed by atoms with Crippen LogP contribution in [0.4, 0.5) is 0 Å². The number of unbranched alkanes of at least 4 members (excludes halogenated alkanes) is 30. The molecule has 0 N–H and O–H groups in total. The van der Waals surface area contributed by atoms with Crippen molar-refractivity contribution in [3.05, 3.63) is 48.6 Å². The molecular weight excluding hydrogens is 781 g/mol. The number of hydrogen-bond donors (Lipinski definition) is 0. The van der Waals surface area contributed by atoms with E-state index >= 15 is 0 Å². The van der Waals surface area contributed by atoms with Gasteiger partial charge in [0.25, 0.3) is 0 Å². The fourth-order valence-electron chi connectivity index (χ4n) is 7.68. The average Bonchev–Trinajstić information content (AvgIpc) is 3.28. The Morgan fingerprint density at radius 1 is 0.317 bits per heavy atom. The Labute approximate surface area is 390 Å². The number of rotatable bonds is 49. The van der Waals surface area contributed by atoms with Crippen LogP contribution in [0.5, 0.6) is 0 Å². The van der Waals surface area contributed by atoms with Gasteiger partial charge in [-0.2, -0.15) is 0 Å². The minimum absolute atomic E-state index is 0.0784. The smallest absolute Gasteiger partial charge is 0.306 e. The minimum atomic E-state index is -0.780. The van der Waals surface area contributed by atoms with Gasteiger partial charge in [0.15, 0.2) is 6.10 Å². The van der Waals surface area contributed by atoms with Gasteiger partial charge in [-0.3, -0.25) is 14.4 Å². The van der Waals surface area contributed by atoms with Crippen LogP contribution < -0.4 is 0 Å². The van der Waals surface area contributed by atoms with Gasteiger partial charge < -0.3 is 14.2 Å². The van der Waals surface area contributed by atoms with E-state index in [1.165, 1.54) is 148 Å². The highest BCUT2D eigenvalue weighted by atomic mass is 16.6. The van der Waals surface area contributed by atoms with E-state index in [1.807, 2.05) is 0 Å². The first kappa shape index (κ1) is 60.4. The number of esters is 3. The predicted molar refractivity (Wildman–Crippen MR) is 270 cm³/mol. The van der Waals surface area contributed by atoms with Crippen molar-refractivity contribution < 1.29 is 28.6 Å². The van der Waals surface area contributed by atoms with Crippen LogP contribution in [-0.2, 0) is 28.6 Å². The van der Waals surface area contributed by atoms with Crippen LogP contribution in [0.2, 0.25) is 0 Å². The number of hydrogen-bond acceptors (Lipinski definition) is 6. The molecule has 0 amide bonds. The lowest BCUT2D eigenvalue weighted by Crippen LogP contribution is -2.30. The van der Waals surface area contributed by atoms with Crippen molar-refractivity contribution >= 4 is 17.9 Å². The van der Waals surface area contributed by atoms with Crippen LogP contribution in [0.1, 0.15) is 278 Å². The maximum Gasteiger partial charge on any atom is 0.306 e. The molecule has 1 atom stereocenters. The van der Waals surface area contributed by atoms with Crippen LogP contribution in [0.15, 0.2) is 48.6 Å². The fraction of sp³-hybridized carbons (Fsp3) is 0.807. The van der Waals surface area contributed by atoms with Gasteiger partial charge in [0.05, 0.1) is 0 Å². The normalized spacial score (nSPS) is 12.4. The summed E-state index contributed by atoms with van der Waals surface area (Å²) in [7, 11) is 0. The summed E-state index contributed by atoms with van der Waals surface area (Å²) in [6, 6.07) is 0. The van der Waals surface area contributed by atoms with Gasteiger partial charge in [0, 0.05) is 19.3 Å². The highest BCUT2D eigenvalue weighted by Crippen LogP contribution is 2.15. The van der Waals surface area contributed by atoms with E-state index in [1.54, 1.807) is 0 Å². The van der Waals surface area contributed by atoms with Gasteiger partial charge in [-0.15, -0.1) is 0 Å². The highest BCUT2D eigenvalue weighted by molar-refractivity contribution is 5.71. The van der Waals surface area contributed by atoms with Crippen molar-refractivity contribution in [1.82, 2.24) is 0 Å². The summed E-state index contributed by atoms with van der Waals surface area (Å²) in [5.74, 6) is -0.891. The van der Waals surface area contributed by atoms with E-state index in [4.69, 9.17) is 14.2 Å². The van der Waals surface area contributed by atoms with E-state index in [0.29, 0.717) is 19.3 Å². The molecular formula is C57H102O6. The molecule has 0 rings (SSSR count). The molecule has 0 saturated carbocycles. The Balaban J connectivity index is 4.39. The molecule has 0 aliphatic heterocycles. The second kappa shape index (κ2) is 52.0. The monoisotopic (exact) mass is 883 g/mol. The van der Waals surface area contributed by atoms with E-state index in [-0.39, 0.29) is 31.1 Å². The van der Waals surface area contributed by atoms with Gasteiger partial charge in [0.2, 0.25) is 0 Å². The van der Waals surface area contributed by atoms with Crippen molar-refractivity contribution in [1.29, 1.82) is 0 Å². The Hall–Kier alpha value is -2.63. The molecule has 0 aliphatic carbocycles. The largest absolute Gasteiger partial charge is 0.462 e. The number of carbonyl (C=O) groups is 3. The molecule has 0 spiro atoms. The molecule has 0 aliphatic rings. The van der Waals surface area contributed by atoms with Crippen molar-refractivity contribution in [3.63, 3.8) is 0 Å². The summed E-state index contributed by atoms with van der Waals surface area (Å²) in [5, 5.41) is 0. The second-order valence-corrected chi connectivity index (χ2v) is 18.1. The van der Waals surface area contributed by atoms with E-state index in [9.17, 15) is 14.4 Å². The second-order valence-electron chi connectivity index (χ2n) is 18.1. The Morgan fingerprint density at radius 2 is 0.571 bits per heavy atom. The highest BCUT2D eigenvalue weighted by Gasteiger charge is 2.19. The standard InChI is InChI=1S/C57H102O6/c1-4-7-10-13-16-19-22-25-27-28-30-33-36-39-42-45-48-51-57(60)63-54(52-61-55(58)49-46-43-40-37-34-31-24-21-18-15-12-9-6-3)53-62-56(59)50-47-44-41-38-35-32-29-26-23-20-17-14-11-8-5-2/h16-17,19-20,25-27,29,54H,4-15,18,21-24,28,30-53H2,1-3H3/b19-16-,20-17-,27-25-,29-26-/t54-/m0/s1. The van der Waals surface area contributed by atoms with Crippen LogP contribution in [-0.4, -0.2) is 37.2 Å². The summed E-state index contributed by atoms with van der Waals surface area (Å²) >= 11 is 0. The van der Waals surface area contributed by atoms with Gasteiger partial charge in [-0.25, -0.2) is 0 Å². The first-order valence-corrected chi connectivity index (χ1v) is 27.1. The first-order valence-electron chi connectivity index (χ1n) is 27.1. The third kappa shape index (κ3) is 50.2. The molecule has 6 nitrogen and oxygen atoms in total. The van der Waals surface area contributed by atoms with E-state index < -0.39 is 6.10 Å². The molecule has 0 aromatic rings. The van der Waals surface area contributed by atoms with Gasteiger partial charge in [-0.05, 0) is 83.5 Å². The summed E-state index contributed by atoms with van der Waals surface area (Å²) in [6.45, 7) is 6.59. The molecule has 0 fully saturated rings. The summed E-state index contributed by atoms with van der Waals surface area (Å²) in [4.78, 5) is 38.0. The van der Waals surface area contributed by atoms with Crippen molar-refractivity contribution in [2.45, 2.75) is 284 Å². The SMILES string of the molecule is CCCCC/C=C\C/C=C\CCCCCCCCCC(=O)O[C@H](COC(=O)CCCCCCC/C=C\C/C=C\CCCCC)COC(=O)CCCCCCCCCCCCCCC. The van der Waals surface area contributed by atoms with Crippen molar-refractivity contribution in [3.8, 4) is 0 Å². The fourth-order valence-corrected chi connectivity index (χ4v) is 7.68. The van der Waals surface area contributed by atoms with Crippen LogP contribution in [0, 0.1) is 0 Å². The lowest BCUT2D eigenvalue weighted by Gasteiger charge is -2.18. The molecule has 0 unspecified atom stereocenters. The summed E-state index contributed by atoms with van der Waals surface area (Å²) < 4.78 is 16.8. The number of carbonyl (C=O) groups excluding carboxylic acids is 3. The molecule has 0 aromatic heterocycles. The molecule has 0 aromatic carbocycles. The predicted octanol–water partition coefficient (Wildman–Crippen LogP) is 17.9. The molecule has 366 valence electrons. The van der Waals surface area contributed by atoms with E-state index in [2.05, 4.69) is 69.4 Å².